The number of amides is 2. The highest BCUT2D eigenvalue weighted by Crippen LogP contribution is 2.24. The number of urea groups is 1. The van der Waals surface area contributed by atoms with Gasteiger partial charge in [0, 0.05) is 43.4 Å². The molecular formula is C15H22ClN3O. The Morgan fingerprint density at radius 3 is 2.60 bits per heavy atom. The largest absolute Gasteiger partial charge is 0.368 e. The molecule has 1 N–H and O–H groups in total. The van der Waals surface area contributed by atoms with E-state index in [0.29, 0.717) is 0 Å². The molecule has 0 aliphatic carbocycles. The van der Waals surface area contributed by atoms with E-state index in [0.717, 1.165) is 44.2 Å². The number of carbonyl (C=O) groups is 1. The normalized spacial score (nSPS) is 15.3. The summed E-state index contributed by atoms with van der Waals surface area (Å²) >= 11 is 5.99. The number of hydrogen-bond donors (Lipinski definition) is 1. The quantitative estimate of drug-likeness (QED) is 0.931. The van der Waals surface area contributed by atoms with Gasteiger partial charge in [-0.2, -0.15) is 0 Å². The fourth-order valence-electron chi connectivity index (χ4n) is 2.47. The molecule has 0 unspecified atom stereocenters. The summed E-state index contributed by atoms with van der Waals surface area (Å²) in [6.07, 6.45) is 0.968. The fourth-order valence-corrected chi connectivity index (χ4v) is 2.69. The first kappa shape index (κ1) is 15.0. The van der Waals surface area contributed by atoms with Crippen LogP contribution in [0, 0.1) is 6.92 Å². The highest BCUT2D eigenvalue weighted by atomic mass is 35.5. The van der Waals surface area contributed by atoms with Gasteiger partial charge in [-0.1, -0.05) is 18.5 Å². The lowest BCUT2D eigenvalue weighted by atomic mass is 10.1. The van der Waals surface area contributed by atoms with Crippen molar-refractivity contribution >= 4 is 23.3 Å². The van der Waals surface area contributed by atoms with E-state index in [1.807, 2.05) is 17.0 Å². The van der Waals surface area contributed by atoms with Gasteiger partial charge < -0.3 is 15.1 Å². The van der Waals surface area contributed by atoms with Crippen molar-refractivity contribution < 1.29 is 4.79 Å². The highest BCUT2D eigenvalue weighted by Gasteiger charge is 2.21. The van der Waals surface area contributed by atoms with Gasteiger partial charge in [0.05, 0.1) is 0 Å². The molecule has 4 nitrogen and oxygen atoms in total. The average molecular weight is 296 g/mol. The van der Waals surface area contributed by atoms with Crippen LogP contribution >= 0.6 is 11.6 Å². The number of nitrogens with one attached hydrogen (secondary N) is 1. The van der Waals surface area contributed by atoms with Gasteiger partial charge in [-0.3, -0.25) is 0 Å². The topological polar surface area (TPSA) is 35.6 Å². The molecule has 2 rings (SSSR count). The molecule has 1 aromatic rings. The summed E-state index contributed by atoms with van der Waals surface area (Å²) < 4.78 is 0. The first-order valence-corrected chi connectivity index (χ1v) is 7.53. The summed E-state index contributed by atoms with van der Waals surface area (Å²) in [5.74, 6) is 0. The minimum absolute atomic E-state index is 0.0549. The maximum atomic E-state index is 11.9. The van der Waals surface area contributed by atoms with Crippen molar-refractivity contribution in [1.29, 1.82) is 0 Å². The molecule has 0 aromatic heterocycles. The second kappa shape index (κ2) is 6.84. The second-order valence-electron chi connectivity index (χ2n) is 5.14. The lowest BCUT2D eigenvalue weighted by Gasteiger charge is -2.36. The Balaban J connectivity index is 1.92. The van der Waals surface area contributed by atoms with Gasteiger partial charge in [0.2, 0.25) is 0 Å². The van der Waals surface area contributed by atoms with Crippen molar-refractivity contribution in [2.75, 3.05) is 37.6 Å². The van der Waals surface area contributed by atoms with Crippen molar-refractivity contribution in [2.45, 2.75) is 20.3 Å². The zero-order chi connectivity index (χ0) is 14.5. The SMILES string of the molecule is CCCNC(=O)N1CCN(c2ccc(Cl)cc2C)CC1. The molecule has 1 aliphatic heterocycles. The maximum Gasteiger partial charge on any atom is 0.317 e. The summed E-state index contributed by atoms with van der Waals surface area (Å²) in [4.78, 5) is 16.1. The monoisotopic (exact) mass is 295 g/mol. The summed E-state index contributed by atoms with van der Waals surface area (Å²) in [6, 6.07) is 6.02. The van der Waals surface area contributed by atoms with Gasteiger partial charge in [0.25, 0.3) is 0 Å². The Hall–Kier alpha value is -1.42. The second-order valence-corrected chi connectivity index (χ2v) is 5.57. The van der Waals surface area contributed by atoms with Crippen LogP contribution in [-0.2, 0) is 0 Å². The third-order valence-corrected chi connectivity index (χ3v) is 3.83. The van der Waals surface area contributed by atoms with Crippen molar-refractivity contribution in [1.82, 2.24) is 10.2 Å². The molecule has 1 saturated heterocycles. The van der Waals surface area contributed by atoms with E-state index in [2.05, 4.69) is 30.1 Å². The minimum atomic E-state index is 0.0549. The molecular weight excluding hydrogens is 274 g/mol. The summed E-state index contributed by atoms with van der Waals surface area (Å²) in [6.45, 7) is 8.12. The average Bonchev–Trinajstić information content (AvgIpc) is 2.45. The number of rotatable bonds is 3. The number of benzene rings is 1. The van der Waals surface area contributed by atoms with Crippen LogP contribution in [0.15, 0.2) is 18.2 Å². The molecule has 110 valence electrons. The van der Waals surface area contributed by atoms with E-state index in [1.54, 1.807) is 0 Å². The zero-order valence-corrected chi connectivity index (χ0v) is 12.9. The van der Waals surface area contributed by atoms with Crippen molar-refractivity contribution in [3.8, 4) is 0 Å². The predicted molar refractivity (Wildman–Crippen MR) is 83.7 cm³/mol. The van der Waals surface area contributed by atoms with Crippen molar-refractivity contribution in [3.05, 3.63) is 28.8 Å². The van der Waals surface area contributed by atoms with E-state index >= 15 is 0 Å². The summed E-state index contributed by atoms with van der Waals surface area (Å²) in [5, 5.41) is 3.69. The molecule has 1 aliphatic rings. The third-order valence-electron chi connectivity index (χ3n) is 3.59. The van der Waals surface area contributed by atoms with Gasteiger partial charge in [-0.25, -0.2) is 4.79 Å². The minimum Gasteiger partial charge on any atom is -0.368 e. The molecule has 0 bridgehead atoms. The lowest BCUT2D eigenvalue weighted by molar-refractivity contribution is 0.194. The summed E-state index contributed by atoms with van der Waals surface area (Å²) in [5.41, 5.74) is 2.39. The lowest BCUT2D eigenvalue weighted by Crippen LogP contribution is -2.52. The highest BCUT2D eigenvalue weighted by molar-refractivity contribution is 6.30. The Kier molecular flexibility index (Phi) is 5.12. The van der Waals surface area contributed by atoms with Crippen LogP contribution < -0.4 is 10.2 Å². The molecule has 5 heteroatoms. The molecule has 1 heterocycles. The van der Waals surface area contributed by atoms with E-state index < -0.39 is 0 Å². The van der Waals surface area contributed by atoms with Gasteiger partial charge in [0.15, 0.2) is 0 Å². The molecule has 0 spiro atoms. The van der Waals surface area contributed by atoms with Crippen LogP contribution in [0.3, 0.4) is 0 Å². The smallest absolute Gasteiger partial charge is 0.317 e. The number of aryl methyl sites for hydroxylation is 1. The van der Waals surface area contributed by atoms with Crippen LogP contribution in [0.4, 0.5) is 10.5 Å². The summed E-state index contributed by atoms with van der Waals surface area (Å²) in [7, 11) is 0. The number of carbonyl (C=O) groups excluding carboxylic acids is 1. The first-order chi connectivity index (χ1) is 9.61. The number of piperazine rings is 1. The zero-order valence-electron chi connectivity index (χ0n) is 12.2. The maximum absolute atomic E-state index is 11.9. The third kappa shape index (κ3) is 3.57. The van der Waals surface area contributed by atoms with Crippen LogP contribution in [0.25, 0.3) is 0 Å². The molecule has 0 atom stereocenters. The van der Waals surface area contributed by atoms with Crippen LogP contribution in [0.2, 0.25) is 5.02 Å². The molecule has 2 amide bonds. The van der Waals surface area contributed by atoms with E-state index in [9.17, 15) is 4.79 Å². The predicted octanol–water partition coefficient (Wildman–Crippen LogP) is 2.89. The number of halogens is 1. The van der Waals surface area contributed by atoms with Crippen LogP contribution in [0.1, 0.15) is 18.9 Å². The molecule has 20 heavy (non-hydrogen) atoms. The number of hydrogen-bond acceptors (Lipinski definition) is 2. The first-order valence-electron chi connectivity index (χ1n) is 7.15. The van der Waals surface area contributed by atoms with E-state index in [-0.39, 0.29) is 6.03 Å². The fraction of sp³-hybridized carbons (Fsp3) is 0.533. The number of anilines is 1. The Morgan fingerprint density at radius 1 is 1.30 bits per heavy atom. The van der Waals surface area contributed by atoms with Gasteiger partial charge in [0.1, 0.15) is 0 Å². The van der Waals surface area contributed by atoms with Crippen LogP contribution in [-0.4, -0.2) is 43.7 Å². The Bertz CT molecular complexity index is 470. The van der Waals surface area contributed by atoms with Gasteiger partial charge in [-0.15, -0.1) is 0 Å². The standard InChI is InChI=1S/C15H22ClN3O/c1-3-6-17-15(20)19-9-7-18(8-10-19)14-5-4-13(16)11-12(14)2/h4-5,11H,3,6-10H2,1-2H3,(H,17,20). The molecule has 0 saturated carbocycles. The Labute approximate surface area is 125 Å². The Morgan fingerprint density at radius 2 is 2.00 bits per heavy atom. The van der Waals surface area contributed by atoms with Crippen molar-refractivity contribution in [3.63, 3.8) is 0 Å². The molecule has 0 radical (unpaired) electrons. The molecule has 1 fully saturated rings. The van der Waals surface area contributed by atoms with E-state index in [4.69, 9.17) is 11.6 Å². The van der Waals surface area contributed by atoms with Crippen molar-refractivity contribution in [2.24, 2.45) is 0 Å². The van der Waals surface area contributed by atoms with Gasteiger partial charge >= 0.3 is 6.03 Å². The number of nitrogens with zero attached hydrogens (tertiary/aromatic N) is 2. The van der Waals surface area contributed by atoms with Gasteiger partial charge in [-0.05, 0) is 37.1 Å². The molecule has 1 aromatic carbocycles. The van der Waals surface area contributed by atoms with Crippen LogP contribution in [0.5, 0.6) is 0 Å². The van der Waals surface area contributed by atoms with E-state index in [1.165, 1.54) is 11.3 Å².